The van der Waals surface area contributed by atoms with E-state index in [2.05, 4.69) is 30.9 Å². The lowest BCUT2D eigenvalue weighted by Crippen LogP contribution is -2.31. The third-order valence-electron chi connectivity index (χ3n) is 5.61. The Morgan fingerprint density at radius 2 is 1.76 bits per heavy atom. The molecule has 0 aliphatic heterocycles. The molecule has 1 aromatic heterocycles. The van der Waals surface area contributed by atoms with Gasteiger partial charge in [-0.1, -0.05) is 6.92 Å². The molecule has 0 unspecified atom stereocenters. The first-order valence-corrected chi connectivity index (χ1v) is 10.3. The van der Waals surface area contributed by atoms with Crippen LogP contribution in [0, 0.1) is 6.92 Å². The molecule has 0 spiro atoms. The number of hydrogen-bond acceptors (Lipinski definition) is 4. The fourth-order valence-electron chi connectivity index (χ4n) is 3.73. The minimum absolute atomic E-state index is 0.0516. The Bertz CT molecular complexity index is 1040. The molecule has 0 N–H and O–H groups in total. The number of ketones is 1. The maximum atomic E-state index is 12.6. The maximum absolute atomic E-state index is 12.6. The predicted molar refractivity (Wildman–Crippen MR) is 120 cm³/mol. The number of aromatic nitrogens is 1. The van der Waals surface area contributed by atoms with Crippen molar-refractivity contribution in [3.8, 4) is 0 Å². The zero-order valence-electron chi connectivity index (χ0n) is 17.9. The molecule has 1 heterocycles. The second kappa shape index (κ2) is 8.60. The highest BCUT2D eigenvalue weighted by Gasteiger charge is 2.24. The first-order valence-electron chi connectivity index (χ1n) is 10.3. The van der Waals surface area contributed by atoms with Crippen LogP contribution in [0.1, 0.15) is 61.8 Å². The molecule has 0 saturated carbocycles. The van der Waals surface area contributed by atoms with Crippen LogP contribution in [0.15, 0.2) is 52.3 Å². The molecule has 1 aliphatic rings. The molecular weight excluding hydrogens is 362 g/mol. The van der Waals surface area contributed by atoms with Gasteiger partial charge in [0.1, 0.15) is 5.69 Å². The average molecular weight is 392 g/mol. The molecule has 0 amide bonds. The van der Waals surface area contributed by atoms with Crippen molar-refractivity contribution >= 4 is 22.9 Å². The van der Waals surface area contributed by atoms with E-state index in [4.69, 9.17) is 4.99 Å². The van der Waals surface area contributed by atoms with Crippen LogP contribution < -0.4 is 10.5 Å². The summed E-state index contributed by atoms with van der Waals surface area (Å²) in [6.07, 6.45) is 4.03. The van der Waals surface area contributed by atoms with Gasteiger partial charge in [0, 0.05) is 36.4 Å². The number of benzene rings is 1. The van der Waals surface area contributed by atoms with Crippen molar-refractivity contribution in [2.45, 2.75) is 47.1 Å². The Labute approximate surface area is 172 Å². The number of nitrogens with zero attached hydrogens (tertiary/aromatic N) is 3. The maximum Gasteiger partial charge on any atom is 0.251 e. The second-order valence-corrected chi connectivity index (χ2v) is 7.40. The lowest BCUT2D eigenvalue weighted by Gasteiger charge is -2.23. The van der Waals surface area contributed by atoms with Crippen molar-refractivity contribution < 1.29 is 4.79 Å². The van der Waals surface area contributed by atoms with Crippen LogP contribution in [0.25, 0.3) is 0 Å². The molecule has 0 fully saturated rings. The van der Waals surface area contributed by atoms with Gasteiger partial charge in [0.2, 0.25) is 5.78 Å². The smallest absolute Gasteiger partial charge is 0.251 e. The number of carbonyl (C=O) groups excluding carboxylic acids is 1. The number of aryl methyl sites for hydroxylation is 1. The number of anilines is 1. The molecule has 1 aromatic carbocycles. The Morgan fingerprint density at radius 3 is 2.38 bits per heavy atom. The number of pyridine rings is 1. The van der Waals surface area contributed by atoms with E-state index in [-0.39, 0.29) is 17.4 Å². The molecule has 5 heteroatoms. The standard InChI is InChI=1S/C24H29N3O2/c1-6-17(5)27-23(29)14-10-19-21(12-13-22(28)24(19)27)25-20-11-9-18(15-16(20)4)26(7-2)8-3/h9-15,17H,6-8H2,1-5H3/t17-/m0/s1. The van der Waals surface area contributed by atoms with E-state index in [1.807, 2.05) is 26.8 Å². The number of carbonyl (C=O) groups is 1. The summed E-state index contributed by atoms with van der Waals surface area (Å²) in [6.45, 7) is 12.2. The van der Waals surface area contributed by atoms with Crippen LogP contribution in [0.2, 0.25) is 0 Å². The van der Waals surface area contributed by atoms with Gasteiger partial charge in [0.15, 0.2) is 0 Å². The number of allylic oxidation sites excluding steroid dienone is 2. The monoisotopic (exact) mass is 391 g/mol. The molecule has 1 aliphatic carbocycles. The van der Waals surface area contributed by atoms with Crippen LogP contribution in [0.3, 0.4) is 0 Å². The van der Waals surface area contributed by atoms with E-state index in [0.717, 1.165) is 30.8 Å². The van der Waals surface area contributed by atoms with Crippen LogP contribution >= 0.6 is 0 Å². The van der Waals surface area contributed by atoms with E-state index in [0.29, 0.717) is 17.0 Å². The molecule has 152 valence electrons. The van der Waals surface area contributed by atoms with Gasteiger partial charge in [-0.25, -0.2) is 4.99 Å². The summed E-state index contributed by atoms with van der Waals surface area (Å²) < 4.78 is 1.60. The lowest BCUT2D eigenvalue weighted by atomic mass is 9.97. The van der Waals surface area contributed by atoms with Gasteiger partial charge in [-0.2, -0.15) is 0 Å². The van der Waals surface area contributed by atoms with Gasteiger partial charge in [-0.15, -0.1) is 0 Å². The second-order valence-electron chi connectivity index (χ2n) is 7.40. The molecular formula is C24H29N3O2. The van der Waals surface area contributed by atoms with E-state index in [1.165, 1.54) is 17.8 Å². The van der Waals surface area contributed by atoms with Gasteiger partial charge in [0.05, 0.1) is 11.4 Å². The van der Waals surface area contributed by atoms with Gasteiger partial charge in [0.25, 0.3) is 5.56 Å². The van der Waals surface area contributed by atoms with Crippen molar-refractivity contribution in [1.29, 1.82) is 0 Å². The summed E-state index contributed by atoms with van der Waals surface area (Å²) >= 11 is 0. The Morgan fingerprint density at radius 1 is 1.03 bits per heavy atom. The predicted octanol–water partition coefficient (Wildman–Crippen LogP) is 4.85. The fraction of sp³-hybridized carbons (Fsp3) is 0.375. The van der Waals surface area contributed by atoms with E-state index in [9.17, 15) is 9.59 Å². The molecule has 5 nitrogen and oxygen atoms in total. The molecule has 3 rings (SSSR count). The van der Waals surface area contributed by atoms with Gasteiger partial charge in [-0.3, -0.25) is 9.59 Å². The molecule has 1 atom stereocenters. The van der Waals surface area contributed by atoms with Gasteiger partial charge < -0.3 is 9.47 Å². The molecule has 0 bridgehead atoms. The highest BCUT2D eigenvalue weighted by Crippen LogP contribution is 2.28. The Hall–Kier alpha value is -2.95. The third-order valence-corrected chi connectivity index (χ3v) is 5.61. The number of fused-ring (bicyclic) bond motifs is 1. The van der Waals surface area contributed by atoms with Gasteiger partial charge in [-0.05, 0) is 76.1 Å². The largest absolute Gasteiger partial charge is 0.372 e. The zero-order chi connectivity index (χ0) is 21.1. The minimum Gasteiger partial charge on any atom is -0.372 e. The summed E-state index contributed by atoms with van der Waals surface area (Å²) in [5.74, 6) is -0.148. The quantitative estimate of drug-likeness (QED) is 0.707. The molecule has 29 heavy (non-hydrogen) atoms. The van der Waals surface area contributed by atoms with Crippen molar-refractivity contribution in [3.63, 3.8) is 0 Å². The average Bonchev–Trinajstić information content (AvgIpc) is 2.72. The molecule has 2 aromatic rings. The molecule has 0 radical (unpaired) electrons. The normalized spacial score (nSPS) is 15.5. The van der Waals surface area contributed by atoms with Gasteiger partial charge >= 0.3 is 0 Å². The van der Waals surface area contributed by atoms with E-state index < -0.39 is 0 Å². The first-order chi connectivity index (χ1) is 13.9. The highest BCUT2D eigenvalue weighted by molar-refractivity contribution is 6.23. The Balaban J connectivity index is 2.11. The number of aliphatic imine (C=N–C) groups is 1. The van der Waals surface area contributed by atoms with E-state index in [1.54, 1.807) is 16.7 Å². The van der Waals surface area contributed by atoms with Crippen LogP contribution in [0.4, 0.5) is 11.4 Å². The zero-order valence-corrected chi connectivity index (χ0v) is 17.9. The highest BCUT2D eigenvalue weighted by atomic mass is 16.1. The van der Waals surface area contributed by atoms with Crippen molar-refractivity contribution in [2.75, 3.05) is 18.0 Å². The summed E-state index contributed by atoms with van der Waals surface area (Å²) in [5.41, 5.74) is 4.81. The van der Waals surface area contributed by atoms with Crippen LogP contribution in [0.5, 0.6) is 0 Å². The van der Waals surface area contributed by atoms with Crippen molar-refractivity contribution in [2.24, 2.45) is 4.99 Å². The summed E-state index contributed by atoms with van der Waals surface area (Å²) in [7, 11) is 0. The first kappa shape index (κ1) is 20.8. The summed E-state index contributed by atoms with van der Waals surface area (Å²) in [4.78, 5) is 32.2. The number of hydrogen-bond donors (Lipinski definition) is 0. The fourth-order valence-corrected chi connectivity index (χ4v) is 3.73. The van der Waals surface area contributed by atoms with Crippen molar-refractivity contribution in [3.05, 3.63) is 69.7 Å². The van der Waals surface area contributed by atoms with Crippen molar-refractivity contribution in [1.82, 2.24) is 4.57 Å². The molecule has 0 saturated heterocycles. The summed E-state index contributed by atoms with van der Waals surface area (Å²) in [6, 6.07) is 9.44. The topological polar surface area (TPSA) is 54.7 Å². The van der Waals surface area contributed by atoms with Crippen LogP contribution in [-0.4, -0.2) is 29.2 Å². The minimum atomic E-state index is -0.152. The SMILES string of the molecule is CC[C@H](C)n1c2c(ccc1=O)C(=Nc1ccc(N(CC)CC)cc1C)C=CC2=O. The third kappa shape index (κ3) is 3.95. The van der Waals surface area contributed by atoms with E-state index >= 15 is 0 Å². The summed E-state index contributed by atoms with van der Waals surface area (Å²) in [5, 5.41) is 0. The van der Waals surface area contributed by atoms with Crippen LogP contribution in [-0.2, 0) is 0 Å². The number of rotatable bonds is 6. The Kier molecular flexibility index (Phi) is 6.16. The lowest BCUT2D eigenvalue weighted by molar-refractivity contribution is 0.103.